The van der Waals surface area contributed by atoms with Crippen LogP contribution in [0, 0.1) is 5.82 Å². The van der Waals surface area contributed by atoms with E-state index in [0.717, 1.165) is 0 Å². The van der Waals surface area contributed by atoms with E-state index < -0.39 is 0 Å². The molecule has 2 nitrogen and oxygen atoms in total. The molecule has 1 unspecified atom stereocenters. The number of rotatable bonds is 3. The van der Waals surface area contributed by atoms with Crippen molar-refractivity contribution in [2.75, 3.05) is 20.1 Å². The summed E-state index contributed by atoms with van der Waals surface area (Å²) < 4.78 is 12.9. The molecule has 2 fully saturated rings. The smallest absolute Gasteiger partial charge is 0.123 e. The number of benzene rings is 1. The van der Waals surface area contributed by atoms with Gasteiger partial charge in [0.2, 0.25) is 0 Å². The fourth-order valence-electron chi connectivity index (χ4n) is 3.40. The molecule has 0 bridgehead atoms. The summed E-state index contributed by atoms with van der Waals surface area (Å²) in [6.45, 7) is 2.42. The summed E-state index contributed by atoms with van der Waals surface area (Å²) >= 11 is 0. The quantitative estimate of drug-likeness (QED) is 0.901. The Bertz CT molecular complexity index is 411. The van der Waals surface area contributed by atoms with Gasteiger partial charge in [0.1, 0.15) is 5.82 Å². The minimum absolute atomic E-state index is 0.136. The van der Waals surface area contributed by atoms with E-state index in [9.17, 15) is 4.39 Å². The fraction of sp³-hybridized carbons (Fsp3) is 0.625. The molecule has 0 radical (unpaired) electrons. The summed E-state index contributed by atoms with van der Waals surface area (Å²) in [5.41, 5.74) is 1.29. The number of hydrogen-bond acceptors (Lipinski definition) is 2. The van der Waals surface area contributed by atoms with Crippen molar-refractivity contribution >= 4 is 0 Å². The van der Waals surface area contributed by atoms with Crippen LogP contribution in [0.2, 0.25) is 0 Å². The summed E-state index contributed by atoms with van der Waals surface area (Å²) in [4.78, 5) is 2.41. The lowest BCUT2D eigenvalue weighted by Gasteiger charge is -2.41. The first-order valence-electron chi connectivity index (χ1n) is 7.41. The van der Waals surface area contributed by atoms with Crippen LogP contribution >= 0.6 is 0 Å². The minimum atomic E-state index is -0.136. The van der Waals surface area contributed by atoms with Gasteiger partial charge in [-0.3, -0.25) is 0 Å². The minimum Gasteiger partial charge on any atom is -0.310 e. The summed E-state index contributed by atoms with van der Waals surface area (Å²) in [6.07, 6.45) is 5.02. The molecule has 1 saturated heterocycles. The van der Waals surface area contributed by atoms with Gasteiger partial charge in [0.25, 0.3) is 0 Å². The second-order valence-corrected chi connectivity index (χ2v) is 6.18. The number of likely N-dealkylation sites (N-methyl/N-ethyl adjacent to an activating group) is 1. The van der Waals surface area contributed by atoms with Crippen LogP contribution in [0.4, 0.5) is 4.39 Å². The van der Waals surface area contributed by atoms with Gasteiger partial charge in [-0.1, -0.05) is 12.1 Å². The second-order valence-electron chi connectivity index (χ2n) is 6.18. The molecule has 0 amide bonds. The van der Waals surface area contributed by atoms with E-state index in [-0.39, 0.29) is 5.82 Å². The molecule has 1 heterocycles. The zero-order valence-corrected chi connectivity index (χ0v) is 11.6. The van der Waals surface area contributed by atoms with Gasteiger partial charge in [0.05, 0.1) is 0 Å². The maximum Gasteiger partial charge on any atom is 0.123 e. The Morgan fingerprint density at radius 3 is 2.58 bits per heavy atom. The molecule has 1 N–H and O–H groups in total. The Morgan fingerprint density at radius 2 is 1.89 bits per heavy atom. The van der Waals surface area contributed by atoms with E-state index in [4.69, 9.17) is 0 Å². The molecule has 2 aliphatic rings. The van der Waals surface area contributed by atoms with E-state index in [1.807, 2.05) is 12.1 Å². The molecule has 0 spiro atoms. The third-order valence-electron chi connectivity index (χ3n) is 4.58. The van der Waals surface area contributed by atoms with Crippen molar-refractivity contribution in [1.82, 2.24) is 10.2 Å². The van der Waals surface area contributed by atoms with E-state index in [2.05, 4.69) is 17.3 Å². The lowest BCUT2D eigenvalue weighted by molar-refractivity contribution is 0.185. The maximum absolute atomic E-state index is 12.9. The van der Waals surface area contributed by atoms with Crippen LogP contribution in [0.15, 0.2) is 24.3 Å². The molecule has 1 aliphatic heterocycles. The van der Waals surface area contributed by atoms with Crippen molar-refractivity contribution in [3.8, 4) is 0 Å². The van der Waals surface area contributed by atoms with Gasteiger partial charge in [0.15, 0.2) is 0 Å². The molecule has 1 aromatic rings. The highest BCUT2D eigenvalue weighted by atomic mass is 19.1. The lowest BCUT2D eigenvalue weighted by Crippen LogP contribution is -2.51. The standard InChI is InChI=1S/C16H23FN2/c1-19-8-2-3-15(11-19)18-16-9-13(10-16)12-4-6-14(17)7-5-12/h4-7,13,15-16,18H,2-3,8-11H2,1H3. The zero-order chi connectivity index (χ0) is 13.2. The van der Waals surface area contributed by atoms with Gasteiger partial charge >= 0.3 is 0 Å². The van der Waals surface area contributed by atoms with Crippen LogP contribution in [0.5, 0.6) is 0 Å². The predicted octanol–water partition coefficient (Wildman–Crippen LogP) is 2.76. The molecule has 104 valence electrons. The van der Waals surface area contributed by atoms with E-state index >= 15 is 0 Å². The van der Waals surface area contributed by atoms with Crippen molar-refractivity contribution in [1.29, 1.82) is 0 Å². The van der Waals surface area contributed by atoms with Crippen LogP contribution in [-0.2, 0) is 0 Å². The van der Waals surface area contributed by atoms with Crippen LogP contribution in [0.25, 0.3) is 0 Å². The number of piperidine rings is 1. The zero-order valence-electron chi connectivity index (χ0n) is 11.6. The Hall–Kier alpha value is -0.930. The van der Waals surface area contributed by atoms with Crippen LogP contribution < -0.4 is 5.32 Å². The summed E-state index contributed by atoms with van der Waals surface area (Å²) in [5.74, 6) is 0.488. The summed E-state index contributed by atoms with van der Waals surface area (Å²) in [6, 6.07) is 8.34. The lowest BCUT2D eigenvalue weighted by atomic mass is 9.75. The third-order valence-corrected chi connectivity index (χ3v) is 4.58. The molecule has 19 heavy (non-hydrogen) atoms. The molecular weight excluding hydrogens is 239 g/mol. The number of nitrogens with one attached hydrogen (secondary N) is 1. The van der Waals surface area contributed by atoms with Crippen molar-refractivity contribution in [2.24, 2.45) is 0 Å². The Morgan fingerprint density at radius 1 is 1.16 bits per heavy atom. The van der Waals surface area contributed by atoms with Crippen LogP contribution in [0.3, 0.4) is 0 Å². The van der Waals surface area contributed by atoms with Crippen LogP contribution in [-0.4, -0.2) is 37.1 Å². The first-order chi connectivity index (χ1) is 9.20. The molecule has 3 heteroatoms. The highest BCUT2D eigenvalue weighted by Crippen LogP contribution is 2.37. The average molecular weight is 262 g/mol. The first-order valence-corrected chi connectivity index (χ1v) is 7.41. The second kappa shape index (κ2) is 5.59. The normalized spacial score (nSPS) is 32.0. The summed E-state index contributed by atoms with van der Waals surface area (Å²) in [7, 11) is 2.20. The Balaban J connectivity index is 1.46. The fourth-order valence-corrected chi connectivity index (χ4v) is 3.40. The van der Waals surface area contributed by atoms with Gasteiger partial charge in [-0.05, 0) is 62.9 Å². The van der Waals surface area contributed by atoms with Gasteiger partial charge in [0, 0.05) is 18.6 Å². The number of halogens is 1. The molecule has 1 atom stereocenters. The highest BCUT2D eigenvalue weighted by Gasteiger charge is 2.32. The SMILES string of the molecule is CN1CCCC(NC2CC(c3ccc(F)cc3)C2)C1. The first kappa shape index (κ1) is 13.1. The molecule has 1 saturated carbocycles. The molecular formula is C16H23FN2. The Kier molecular flexibility index (Phi) is 3.85. The highest BCUT2D eigenvalue weighted by molar-refractivity contribution is 5.23. The molecule has 3 rings (SSSR count). The average Bonchev–Trinajstić information content (AvgIpc) is 2.35. The topological polar surface area (TPSA) is 15.3 Å². The number of hydrogen-bond donors (Lipinski definition) is 1. The van der Waals surface area contributed by atoms with E-state index in [1.165, 1.54) is 44.3 Å². The van der Waals surface area contributed by atoms with Crippen molar-refractivity contribution < 1.29 is 4.39 Å². The predicted molar refractivity (Wildman–Crippen MR) is 75.8 cm³/mol. The number of nitrogens with zero attached hydrogens (tertiary/aromatic N) is 1. The largest absolute Gasteiger partial charge is 0.310 e. The van der Waals surface area contributed by atoms with Gasteiger partial charge < -0.3 is 10.2 Å². The number of likely N-dealkylation sites (tertiary alicyclic amines) is 1. The maximum atomic E-state index is 12.9. The van der Waals surface area contributed by atoms with Gasteiger partial charge in [-0.15, -0.1) is 0 Å². The van der Waals surface area contributed by atoms with Crippen molar-refractivity contribution in [3.63, 3.8) is 0 Å². The Labute approximate surface area is 115 Å². The third kappa shape index (κ3) is 3.15. The van der Waals surface area contributed by atoms with Gasteiger partial charge in [-0.2, -0.15) is 0 Å². The van der Waals surface area contributed by atoms with E-state index in [0.29, 0.717) is 18.0 Å². The molecule has 1 aliphatic carbocycles. The van der Waals surface area contributed by atoms with Crippen LogP contribution in [0.1, 0.15) is 37.2 Å². The van der Waals surface area contributed by atoms with Crippen molar-refractivity contribution in [3.05, 3.63) is 35.6 Å². The summed E-state index contributed by atoms with van der Waals surface area (Å²) in [5, 5.41) is 3.78. The molecule has 0 aromatic heterocycles. The monoisotopic (exact) mass is 262 g/mol. The van der Waals surface area contributed by atoms with E-state index in [1.54, 1.807) is 12.1 Å². The molecule has 1 aromatic carbocycles. The van der Waals surface area contributed by atoms with Gasteiger partial charge in [-0.25, -0.2) is 4.39 Å². The van der Waals surface area contributed by atoms with Crippen molar-refractivity contribution in [2.45, 2.75) is 43.7 Å².